The van der Waals surface area contributed by atoms with Gasteiger partial charge in [-0.05, 0) is 33.8 Å². The van der Waals surface area contributed by atoms with Crippen molar-refractivity contribution in [2.24, 2.45) is 7.05 Å². The van der Waals surface area contributed by atoms with Crippen LogP contribution in [-0.2, 0) is 21.8 Å². The maximum absolute atomic E-state index is 6.07. The fourth-order valence-corrected chi connectivity index (χ4v) is 2.03. The highest BCUT2D eigenvalue weighted by molar-refractivity contribution is 6.61. The van der Waals surface area contributed by atoms with E-state index in [1.165, 1.54) is 0 Å². The molecular weight excluding hydrogens is 239 g/mol. The fraction of sp³-hybridized carbons (Fsp3) is 0.786. The SMILES string of the molecule is Cn1nc(C(C)(C)C)cc1B1OC(C)(C)C(C)(C)O1. The van der Waals surface area contributed by atoms with E-state index in [0.29, 0.717) is 0 Å². The summed E-state index contributed by atoms with van der Waals surface area (Å²) in [6.07, 6.45) is 0. The van der Waals surface area contributed by atoms with Crippen LogP contribution in [0.15, 0.2) is 6.07 Å². The topological polar surface area (TPSA) is 36.3 Å². The van der Waals surface area contributed by atoms with Crippen molar-refractivity contribution >= 4 is 12.7 Å². The van der Waals surface area contributed by atoms with E-state index in [9.17, 15) is 0 Å². The summed E-state index contributed by atoms with van der Waals surface area (Å²) in [6.45, 7) is 14.7. The van der Waals surface area contributed by atoms with Crippen molar-refractivity contribution in [1.82, 2.24) is 9.78 Å². The van der Waals surface area contributed by atoms with Gasteiger partial charge in [-0.25, -0.2) is 0 Å². The highest BCUT2D eigenvalue weighted by Gasteiger charge is 2.52. The molecule has 0 saturated carbocycles. The molecule has 0 aromatic carbocycles. The van der Waals surface area contributed by atoms with Crippen LogP contribution in [0, 0.1) is 0 Å². The van der Waals surface area contributed by atoms with Gasteiger partial charge >= 0.3 is 7.12 Å². The quantitative estimate of drug-likeness (QED) is 0.728. The maximum atomic E-state index is 6.07. The first-order valence-corrected chi connectivity index (χ1v) is 6.84. The third kappa shape index (κ3) is 2.46. The first-order valence-electron chi connectivity index (χ1n) is 6.84. The maximum Gasteiger partial charge on any atom is 0.514 e. The van der Waals surface area contributed by atoms with Crippen molar-refractivity contribution in [1.29, 1.82) is 0 Å². The molecule has 2 rings (SSSR count). The molecule has 1 aliphatic rings. The van der Waals surface area contributed by atoms with E-state index >= 15 is 0 Å². The molecule has 4 nitrogen and oxygen atoms in total. The van der Waals surface area contributed by atoms with Crippen molar-refractivity contribution in [3.63, 3.8) is 0 Å². The normalized spacial score (nSPS) is 22.0. The zero-order valence-corrected chi connectivity index (χ0v) is 13.4. The van der Waals surface area contributed by atoms with Crippen LogP contribution in [0.5, 0.6) is 0 Å². The molecule has 1 aromatic heterocycles. The molecule has 0 unspecified atom stereocenters. The smallest absolute Gasteiger partial charge is 0.398 e. The number of rotatable bonds is 1. The number of nitrogens with zero attached hydrogens (tertiary/aromatic N) is 2. The van der Waals surface area contributed by atoms with Crippen LogP contribution in [0.1, 0.15) is 54.2 Å². The first-order chi connectivity index (χ1) is 8.44. The Kier molecular flexibility index (Phi) is 3.15. The lowest BCUT2D eigenvalue weighted by Crippen LogP contribution is -2.41. The Balaban J connectivity index is 2.33. The van der Waals surface area contributed by atoms with Crippen LogP contribution < -0.4 is 5.59 Å². The molecule has 1 saturated heterocycles. The Hall–Kier alpha value is -0.805. The summed E-state index contributed by atoms with van der Waals surface area (Å²) in [7, 11) is 1.59. The minimum Gasteiger partial charge on any atom is -0.398 e. The monoisotopic (exact) mass is 264 g/mol. The van der Waals surface area contributed by atoms with Gasteiger partial charge in [-0.1, -0.05) is 20.8 Å². The average molecular weight is 264 g/mol. The van der Waals surface area contributed by atoms with Crippen LogP contribution in [0.3, 0.4) is 0 Å². The Morgan fingerprint density at radius 1 is 1.11 bits per heavy atom. The number of hydrogen-bond acceptors (Lipinski definition) is 3. The summed E-state index contributed by atoms with van der Waals surface area (Å²) in [5, 5.41) is 4.58. The zero-order valence-electron chi connectivity index (χ0n) is 13.4. The second-order valence-electron chi connectivity index (χ2n) is 7.42. The second kappa shape index (κ2) is 4.09. The van der Waals surface area contributed by atoms with Crippen molar-refractivity contribution in [3.05, 3.63) is 11.8 Å². The lowest BCUT2D eigenvalue weighted by atomic mass is 9.82. The number of aromatic nitrogens is 2. The van der Waals surface area contributed by atoms with E-state index in [1.54, 1.807) is 0 Å². The molecule has 0 spiro atoms. The molecular formula is C14H25BN2O2. The van der Waals surface area contributed by atoms with Gasteiger partial charge in [0.1, 0.15) is 0 Å². The fourth-order valence-electron chi connectivity index (χ4n) is 2.03. The third-order valence-electron chi connectivity index (χ3n) is 4.18. The molecule has 19 heavy (non-hydrogen) atoms. The Morgan fingerprint density at radius 2 is 1.58 bits per heavy atom. The summed E-state index contributed by atoms with van der Waals surface area (Å²) in [4.78, 5) is 0. The molecule has 1 aromatic rings. The van der Waals surface area contributed by atoms with Gasteiger partial charge in [0, 0.05) is 12.5 Å². The van der Waals surface area contributed by atoms with Gasteiger partial charge < -0.3 is 9.31 Å². The molecule has 2 heterocycles. The van der Waals surface area contributed by atoms with Gasteiger partial charge in [-0.15, -0.1) is 0 Å². The number of hydrogen-bond donors (Lipinski definition) is 0. The molecule has 0 aliphatic carbocycles. The summed E-state index contributed by atoms with van der Waals surface area (Å²) in [5.41, 5.74) is 1.43. The Labute approximate surface area is 116 Å². The minimum atomic E-state index is -0.349. The van der Waals surface area contributed by atoms with Crippen LogP contribution >= 0.6 is 0 Å². The third-order valence-corrected chi connectivity index (χ3v) is 4.18. The predicted octanol–water partition coefficient (Wildman–Crippen LogP) is 2.02. The van der Waals surface area contributed by atoms with Crippen LogP contribution in [0.4, 0.5) is 0 Å². The van der Waals surface area contributed by atoms with Gasteiger partial charge in [-0.2, -0.15) is 5.10 Å². The number of aryl methyl sites for hydroxylation is 1. The van der Waals surface area contributed by atoms with Gasteiger partial charge in [0.25, 0.3) is 0 Å². The standard InChI is InChI=1S/C14H25BN2O2/c1-12(2,3)10-9-11(17(8)16-10)15-18-13(4,5)14(6,7)19-15/h9H,1-8H3. The van der Waals surface area contributed by atoms with Crippen molar-refractivity contribution in [2.45, 2.75) is 65.1 Å². The minimum absolute atomic E-state index is 0.0274. The van der Waals surface area contributed by atoms with Crippen molar-refractivity contribution < 1.29 is 9.31 Å². The molecule has 106 valence electrons. The Morgan fingerprint density at radius 3 is 1.95 bits per heavy atom. The predicted molar refractivity (Wildman–Crippen MR) is 77.6 cm³/mol. The van der Waals surface area contributed by atoms with E-state index < -0.39 is 0 Å². The van der Waals surface area contributed by atoms with E-state index in [0.717, 1.165) is 11.3 Å². The summed E-state index contributed by atoms with van der Waals surface area (Å²) >= 11 is 0. The van der Waals surface area contributed by atoms with E-state index in [1.807, 2.05) is 11.7 Å². The van der Waals surface area contributed by atoms with Crippen molar-refractivity contribution in [3.8, 4) is 0 Å². The lowest BCUT2D eigenvalue weighted by Gasteiger charge is -2.32. The van der Waals surface area contributed by atoms with Gasteiger partial charge in [0.15, 0.2) is 0 Å². The summed E-state index contributed by atoms with van der Waals surface area (Å²) < 4.78 is 14.0. The molecule has 0 atom stereocenters. The first kappa shape index (κ1) is 14.6. The van der Waals surface area contributed by atoms with Crippen LogP contribution in [0.2, 0.25) is 0 Å². The van der Waals surface area contributed by atoms with Gasteiger partial charge in [-0.3, -0.25) is 4.68 Å². The van der Waals surface area contributed by atoms with E-state index in [-0.39, 0.29) is 23.7 Å². The average Bonchev–Trinajstić information content (AvgIpc) is 2.65. The summed E-state index contributed by atoms with van der Waals surface area (Å²) in [5.74, 6) is 0. The van der Waals surface area contributed by atoms with Crippen LogP contribution in [0.25, 0.3) is 0 Å². The highest BCUT2D eigenvalue weighted by atomic mass is 16.7. The molecule has 1 aliphatic heterocycles. The van der Waals surface area contributed by atoms with Gasteiger partial charge in [0.2, 0.25) is 0 Å². The lowest BCUT2D eigenvalue weighted by molar-refractivity contribution is 0.00578. The molecule has 0 bridgehead atoms. The summed E-state index contributed by atoms with van der Waals surface area (Å²) in [6, 6.07) is 2.09. The zero-order chi connectivity index (χ0) is 14.6. The van der Waals surface area contributed by atoms with E-state index in [4.69, 9.17) is 9.31 Å². The molecule has 0 radical (unpaired) electrons. The van der Waals surface area contributed by atoms with Crippen molar-refractivity contribution in [2.75, 3.05) is 0 Å². The second-order valence-corrected chi connectivity index (χ2v) is 7.42. The molecule has 0 amide bonds. The van der Waals surface area contributed by atoms with E-state index in [2.05, 4.69) is 59.6 Å². The van der Waals surface area contributed by atoms with Gasteiger partial charge in [0.05, 0.1) is 22.5 Å². The molecule has 0 N–H and O–H groups in total. The van der Waals surface area contributed by atoms with Crippen LogP contribution in [-0.4, -0.2) is 28.1 Å². The molecule has 1 fully saturated rings. The highest BCUT2D eigenvalue weighted by Crippen LogP contribution is 2.36. The largest absolute Gasteiger partial charge is 0.514 e. The Bertz CT molecular complexity index is 470. The molecule has 5 heteroatoms.